The summed E-state index contributed by atoms with van der Waals surface area (Å²) in [5.41, 5.74) is 1.04. The van der Waals surface area contributed by atoms with Crippen molar-refractivity contribution in [2.75, 3.05) is 0 Å². The molecule has 0 aliphatic carbocycles. The highest BCUT2D eigenvalue weighted by atomic mass is 19.1. The van der Waals surface area contributed by atoms with Gasteiger partial charge in [0, 0.05) is 23.9 Å². The van der Waals surface area contributed by atoms with Gasteiger partial charge in [-0.25, -0.2) is 13.9 Å². The fourth-order valence-electron chi connectivity index (χ4n) is 1.67. The minimum Gasteiger partial charge on any atom is -0.290 e. The maximum Gasteiger partial charge on any atom is 0.183 e. The maximum atomic E-state index is 13.1. The molecule has 84 valence electrons. The summed E-state index contributed by atoms with van der Waals surface area (Å²) in [6.45, 7) is 0. The fraction of sp³-hybridized carbons (Fsp3) is 0. The molecule has 0 amide bonds. The largest absolute Gasteiger partial charge is 0.290 e. The Hall–Kier alpha value is -2.43. The predicted octanol–water partition coefficient (Wildman–Crippen LogP) is 1.83. The van der Waals surface area contributed by atoms with E-state index in [-0.39, 0.29) is 11.2 Å². The number of rotatable bonds is 1. The molecule has 0 saturated heterocycles. The molecular weight excluding hydrogens is 221 g/mol. The molecule has 1 aromatic carbocycles. The van der Waals surface area contributed by atoms with Gasteiger partial charge in [-0.1, -0.05) is 12.1 Å². The van der Waals surface area contributed by atoms with Gasteiger partial charge < -0.3 is 0 Å². The van der Waals surface area contributed by atoms with Crippen molar-refractivity contribution in [1.29, 1.82) is 0 Å². The summed E-state index contributed by atoms with van der Waals surface area (Å²) >= 11 is 0. The van der Waals surface area contributed by atoms with Gasteiger partial charge in [-0.05, 0) is 12.1 Å². The lowest BCUT2D eigenvalue weighted by molar-refractivity contribution is 0.628. The van der Waals surface area contributed by atoms with Crippen LogP contribution in [0.4, 0.5) is 4.39 Å². The molecule has 0 atom stereocenters. The molecule has 0 bridgehead atoms. The standard InChI is InChI=1S/C12H8FN3O/c13-9-3-1-2-8(6-9)12-14-11-7-10(17)4-5-16(11)15-12/h1-7H,(H,14,15). The van der Waals surface area contributed by atoms with Crippen molar-refractivity contribution >= 4 is 5.65 Å². The summed E-state index contributed by atoms with van der Waals surface area (Å²) in [7, 11) is 0. The van der Waals surface area contributed by atoms with E-state index in [0.29, 0.717) is 17.0 Å². The molecule has 2 aromatic heterocycles. The van der Waals surface area contributed by atoms with Gasteiger partial charge in [-0.15, -0.1) is 0 Å². The average molecular weight is 229 g/mol. The second kappa shape index (κ2) is 3.55. The van der Waals surface area contributed by atoms with Crippen LogP contribution in [0, 0.1) is 5.82 Å². The van der Waals surface area contributed by atoms with Gasteiger partial charge in [0.25, 0.3) is 0 Å². The normalized spacial score (nSPS) is 10.9. The van der Waals surface area contributed by atoms with E-state index >= 15 is 0 Å². The highest BCUT2D eigenvalue weighted by Gasteiger charge is 2.05. The lowest BCUT2D eigenvalue weighted by atomic mass is 10.2. The van der Waals surface area contributed by atoms with Gasteiger partial charge in [-0.2, -0.15) is 0 Å². The van der Waals surface area contributed by atoms with Crippen molar-refractivity contribution in [3.63, 3.8) is 0 Å². The van der Waals surface area contributed by atoms with E-state index in [9.17, 15) is 9.18 Å². The molecule has 1 N–H and O–H groups in total. The zero-order valence-electron chi connectivity index (χ0n) is 8.72. The van der Waals surface area contributed by atoms with Crippen molar-refractivity contribution in [2.45, 2.75) is 0 Å². The quantitative estimate of drug-likeness (QED) is 0.692. The number of pyridine rings is 1. The summed E-state index contributed by atoms with van der Waals surface area (Å²) in [4.78, 5) is 15.4. The van der Waals surface area contributed by atoms with E-state index in [2.05, 4.69) is 10.1 Å². The Bertz CT molecular complexity index is 745. The fourth-order valence-corrected chi connectivity index (χ4v) is 1.67. The smallest absolute Gasteiger partial charge is 0.183 e. The Morgan fingerprint density at radius 1 is 1.24 bits per heavy atom. The van der Waals surface area contributed by atoms with Crippen molar-refractivity contribution < 1.29 is 4.39 Å². The zero-order valence-corrected chi connectivity index (χ0v) is 8.72. The van der Waals surface area contributed by atoms with Gasteiger partial charge >= 0.3 is 0 Å². The van der Waals surface area contributed by atoms with Crippen LogP contribution >= 0.6 is 0 Å². The van der Waals surface area contributed by atoms with Crippen LogP contribution in [0.3, 0.4) is 0 Å². The lowest BCUT2D eigenvalue weighted by Gasteiger charge is -1.95. The molecule has 3 aromatic rings. The van der Waals surface area contributed by atoms with Crippen LogP contribution in [0.1, 0.15) is 0 Å². The van der Waals surface area contributed by atoms with Gasteiger partial charge in [-0.3, -0.25) is 9.89 Å². The average Bonchev–Trinajstić information content (AvgIpc) is 2.72. The second-order valence-electron chi connectivity index (χ2n) is 3.67. The minimum absolute atomic E-state index is 0.109. The van der Waals surface area contributed by atoms with E-state index in [1.165, 1.54) is 24.3 Å². The SMILES string of the molecule is O=c1ccn2[nH]c(-c3cccc(F)c3)nc2c1. The molecule has 17 heavy (non-hydrogen) atoms. The molecule has 2 heterocycles. The Morgan fingerprint density at radius 3 is 2.94 bits per heavy atom. The molecule has 3 rings (SSSR count). The monoisotopic (exact) mass is 229 g/mol. The van der Waals surface area contributed by atoms with Gasteiger partial charge in [0.2, 0.25) is 0 Å². The number of halogens is 1. The second-order valence-corrected chi connectivity index (χ2v) is 3.67. The van der Waals surface area contributed by atoms with Gasteiger partial charge in [0.05, 0.1) is 0 Å². The topological polar surface area (TPSA) is 50.2 Å². The van der Waals surface area contributed by atoms with Crippen molar-refractivity contribution in [2.24, 2.45) is 0 Å². The van der Waals surface area contributed by atoms with Crippen LogP contribution in [0.5, 0.6) is 0 Å². The number of H-pyrrole nitrogens is 1. The molecule has 0 fully saturated rings. The Kier molecular flexibility index (Phi) is 2.04. The number of hydrogen-bond donors (Lipinski definition) is 1. The number of benzene rings is 1. The third kappa shape index (κ3) is 1.71. The number of aromatic nitrogens is 3. The number of hydrogen-bond acceptors (Lipinski definition) is 2. The van der Waals surface area contributed by atoms with Crippen molar-refractivity contribution in [3.05, 3.63) is 58.6 Å². The number of fused-ring (bicyclic) bond motifs is 1. The minimum atomic E-state index is -0.322. The summed E-state index contributed by atoms with van der Waals surface area (Å²) in [5.74, 6) is 0.201. The first-order valence-corrected chi connectivity index (χ1v) is 5.07. The van der Waals surface area contributed by atoms with Gasteiger partial charge in [0.1, 0.15) is 5.82 Å². The zero-order chi connectivity index (χ0) is 11.8. The summed E-state index contributed by atoms with van der Waals surface area (Å²) in [5, 5.41) is 2.97. The Balaban J connectivity index is 2.21. The first-order valence-electron chi connectivity index (χ1n) is 5.07. The number of nitrogens with zero attached hydrogens (tertiary/aromatic N) is 2. The van der Waals surface area contributed by atoms with Crippen LogP contribution in [0.2, 0.25) is 0 Å². The van der Waals surface area contributed by atoms with Crippen molar-refractivity contribution in [1.82, 2.24) is 14.6 Å². The summed E-state index contributed by atoms with van der Waals surface area (Å²) < 4.78 is 14.7. The van der Waals surface area contributed by atoms with Crippen LogP contribution in [0.25, 0.3) is 17.0 Å². The summed E-state index contributed by atoms with van der Waals surface area (Å²) in [6.07, 6.45) is 1.59. The molecule has 0 aliphatic heterocycles. The third-order valence-electron chi connectivity index (χ3n) is 2.46. The molecule has 0 aliphatic rings. The molecule has 4 nitrogen and oxygen atoms in total. The van der Waals surface area contributed by atoms with Gasteiger partial charge in [0.15, 0.2) is 16.9 Å². The first-order chi connectivity index (χ1) is 8.22. The lowest BCUT2D eigenvalue weighted by Crippen LogP contribution is -1.98. The van der Waals surface area contributed by atoms with E-state index < -0.39 is 0 Å². The Morgan fingerprint density at radius 2 is 2.12 bits per heavy atom. The maximum absolute atomic E-state index is 13.1. The highest BCUT2D eigenvalue weighted by Crippen LogP contribution is 2.16. The first kappa shape index (κ1) is 9.77. The Labute approximate surface area is 95.3 Å². The van der Waals surface area contributed by atoms with E-state index in [4.69, 9.17) is 0 Å². The molecule has 0 unspecified atom stereocenters. The molecule has 5 heteroatoms. The molecular formula is C12H8FN3O. The van der Waals surface area contributed by atoms with E-state index in [1.807, 2.05) is 0 Å². The van der Waals surface area contributed by atoms with E-state index in [0.717, 1.165) is 0 Å². The number of nitrogens with one attached hydrogen (secondary N) is 1. The van der Waals surface area contributed by atoms with Crippen molar-refractivity contribution in [3.8, 4) is 11.4 Å². The third-order valence-corrected chi connectivity index (χ3v) is 2.46. The molecule has 0 saturated carbocycles. The van der Waals surface area contributed by atoms with Crippen LogP contribution in [-0.4, -0.2) is 14.6 Å². The van der Waals surface area contributed by atoms with Crippen LogP contribution in [0.15, 0.2) is 47.4 Å². The molecule has 0 spiro atoms. The van der Waals surface area contributed by atoms with Crippen LogP contribution < -0.4 is 5.43 Å². The highest BCUT2D eigenvalue weighted by molar-refractivity contribution is 5.57. The number of aromatic amines is 1. The van der Waals surface area contributed by atoms with E-state index in [1.54, 1.807) is 22.8 Å². The summed E-state index contributed by atoms with van der Waals surface area (Å²) in [6, 6.07) is 8.96. The predicted molar refractivity (Wildman–Crippen MR) is 61.2 cm³/mol. The van der Waals surface area contributed by atoms with Crippen LogP contribution in [-0.2, 0) is 0 Å². The molecule has 0 radical (unpaired) electrons.